The fraction of sp³-hybridized carbons (Fsp3) is 0.263. The number of nitrogens with one attached hydrogen (secondary N) is 1. The number of aromatic hydroxyl groups is 1. The van der Waals surface area contributed by atoms with Crippen LogP contribution in [0.1, 0.15) is 28.0 Å². The molecule has 3 atom stereocenters. The van der Waals surface area contributed by atoms with Gasteiger partial charge in [-0.3, -0.25) is 4.79 Å². The van der Waals surface area contributed by atoms with E-state index < -0.39 is 30.1 Å². The lowest BCUT2D eigenvalue weighted by atomic mass is 9.80. The second-order valence-electron chi connectivity index (χ2n) is 6.94. The molecule has 2 aromatic heterocycles. The summed E-state index contributed by atoms with van der Waals surface area (Å²) in [5, 5.41) is 10.4. The van der Waals surface area contributed by atoms with Gasteiger partial charge in [-0.1, -0.05) is 0 Å². The van der Waals surface area contributed by atoms with Crippen molar-refractivity contribution in [3.05, 3.63) is 47.7 Å². The number of benzene rings is 1. The van der Waals surface area contributed by atoms with E-state index >= 15 is 0 Å². The first-order valence-corrected chi connectivity index (χ1v) is 8.72. The van der Waals surface area contributed by atoms with Crippen LogP contribution in [-0.2, 0) is 25.6 Å². The molecule has 1 aromatic carbocycles. The molecule has 9 nitrogen and oxygen atoms in total. The standard InChI is InChI=1S/C19H15N3O6/c1-8-20-4-5-22(8)7-11-15(24)13-10-6-9(23)2-3-12(10)21-14(13)17-16(11)27-18(25)19(26)28-17/h2-6,11,16-17,21,23H,7H2,1H3. The third-order valence-corrected chi connectivity index (χ3v) is 5.33. The van der Waals surface area contributed by atoms with Crippen molar-refractivity contribution in [1.82, 2.24) is 14.5 Å². The molecule has 0 radical (unpaired) electrons. The number of ketones is 1. The van der Waals surface area contributed by atoms with Crippen molar-refractivity contribution in [3.63, 3.8) is 0 Å². The van der Waals surface area contributed by atoms with E-state index in [9.17, 15) is 19.5 Å². The number of aromatic amines is 1. The first kappa shape index (κ1) is 16.5. The lowest BCUT2D eigenvalue weighted by molar-refractivity contribution is -0.200. The third kappa shape index (κ3) is 2.25. The molecule has 3 aromatic rings. The van der Waals surface area contributed by atoms with Crippen LogP contribution < -0.4 is 0 Å². The maximum absolute atomic E-state index is 13.4. The molecule has 0 spiro atoms. The van der Waals surface area contributed by atoms with Gasteiger partial charge >= 0.3 is 11.9 Å². The highest BCUT2D eigenvalue weighted by Gasteiger charge is 2.52. The highest BCUT2D eigenvalue weighted by Crippen LogP contribution is 2.43. The van der Waals surface area contributed by atoms with Crippen LogP contribution in [0.25, 0.3) is 10.9 Å². The van der Waals surface area contributed by atoms with Gasteiger partial charge < -0.3 is 24.1 Å². The second-order valence-corrected chi connectivity index (χ2v) is 6.94. The lowest BCUT2D eigenvalue weighted by Gasteiger charge is -2.38. The number of carbonyl (C=O) groups is 3. The molecule has 0 bridgehead atoms. The van der Waals surface area contributed by atoms with Crippen LogP contribution in [0, 0.1) is 12.8 Å². The molecule has 1 aliphatic carbocycles. The number of nitrogens with zero attached hydrogens (tertiary/aromatic N) is 2. The van der Waals surface area contributed by atoms with Crippen molar-refractivity contribution in [2.45, 2.75) is 25.7 Å². The Kier molecular flexibility index (Phi) is 3.36. The number of rotatable bonds is 2. The number of phenolic OH excluding ortho intramolecular Hbond substituents is 1. The Morgan fingerprint density at radius 3 is 2.75 bits per heavy atom. The molecule has 142 valence electrons. The molecule has 5 rings (SSSR count). The molecule has 3 unspecified atom stereocenters. The number of Topliss-reactive ketones (excluding diaryl/α,β-unsaturated/α-hetero) is 1. The number of aromatic nitrogens is 3. The van der Waals surface area contributed by atoms with Gasteiger partial charge in [0.05, 0.1) is 17.2 Å². The van der Waals surface area contributed by atoms with Gasteiger partial charge in [0, 0.05) is 29.8 Å². The highest BCUT2D eigenvalue weighted by molar-refractivity contribution is 6.30. The van der Waals surface area contributed by atoms with Gasteiger partial charge in [0.1, 0.15) is 11.6 Å². The van der Waals surface area contributed by atoms with Crippen LogP contribution in [0.4, 0.5) is 0 Å². The minimum Gasteiger partial charge on any atom is -0.508 e. The minimum absolute atomic E-state index is 0.0123. The van der Waals surface area contributed by atoms with Gasteiger partial charge in [0.25, 0.3) is 0 Å². The largest absolute Gasteiger partial charge is 0.508 e. The number of imidazole rings is 1. The van der Waals surface area contributed by atoms with Crippen molar-refractivity contribution in [2.24, 2.45) is 5.92 Å². The van der Waals surface area contributed by atoms with Crippen molar-refractivity contribution >= 4 is 28.6 Å². The van der Waals surface area contributed by atoms with E-state index in [4.69, 9.17) is 9.47 Å². The SMILES string of the molecule is Cc1nccn1CC1C(=O)c2c([nH]c3ccc(O)cc23)C2OC(=O)C(=O)OC12. The zero-order chi connectivity index (χ0) is 19.6. The van der Waals surface area contributed by atoms with Crippen molar-refractivity contribution in [1.29, 1.82) is 0 Å². The summed E-state index contributed by atoms with van der Waals surface area (Å²) in [5.41, 5.74) is 1.32. The summed E-state index contributed by atoms with van der Waals surface area (Å²) in [5.74, 6) is -2.53. The Morgan fingerprint density at radius 2 is 2.00 bits per heavy atom. The molecule has 3 heterocycles. The number of fused-ring (bicyclic) bond motifs is 5. The van der Waals surface area contributed by atoms with E-state index in [0.29, 0.717) is 28.0 Å². The number of carbonyl (C=O) groups excluding carboxylic acids is 3. The summed E-state index contributed by atoms with van der Waals surface area (Å²) >= 11 is 0. The smallest absolute Gasteiger partial charge is 0.418 e. The van der Waals surface area contributed by atoms with E-state index in [0.717, 1.165) is 0 Å². The van der Waals surface area contributed by atoms with E-state index in [-0.39, 0.29) is 18.1 Å². The predicted molar refractivity (Wildman–Crippen MR) is 93.5 cm³/mol. The monoisotopic (exact) mass is 381 g/mol. The molecule has 2 aliphatic rings. The maximum atomic E-state index is 13.4. The first-order chi connectivity index (χ1) is 13.4. The van der Waals surface area contributed by atoms with E-state index in [1.54, 1.807) is 30.0 Å². The molecule has 0 amide bonds. The van der Waals surface area contributed by atoms with Gasteiger partial charge in [0.15, 0.2) is 18.0 Å². The molecule has 1 saturated heterocycles. The Labute approximate surface area is 157 Å². The van der Waals surface area contributed by atoms with Crippen LogP contribution in [0.15, 0.2) is 30.6 Å². The number of aryl methyl sites for hydroxylation is 1. The molecule has 1 fully saturated rings. The summed E-state index contributed by atoms with van der Waals surface area (Å²) in [4.78, 5) is 44.3. The summed E-state index contributed by atoms with van der Waals surface area (Å²) in [6.07, 6.45) is 1.46. The quantitative estimate of drug-likeness (QED) is 0.508. The van der Waals surface area contributed by atoms with Crippen LogP contribution in [0.2, 0.25) is 0 Å². The van der Waals surface area contributed by atoms with Crippen LogP contribution >= 0.6 is 0 Å². The average Bonchev–Trinajstić information content (AvgIpc) is 3.23. The number of phenols is 1. The summed E-state index contributed by atoms with van der Waals surface area (Å²) in [6, 6.07) is 4.61. The molecule has 1 aliphatic heterocycles. The Hall–Kier alpha value is -3.62. The molecule has 2 N–H and O–H groups in total. The minimum atomic E-state index is -1.11. The zero-order valence-corrected chi connectivity index (χ0v) is 14.7. The van der Waals surface area contributed by atoms with Crippen molar-refractivity contribution < 1.29 is 29.0 Å². The molecular formula is C19H15N3O6. The number of ether oxygens (including phenoxy) is 2. The van der Waals surface area contributed by atoms with E-state index in [1.165, 1.54) is 12.1 Å². The molecule has 0 saturated carbocycles. The highest BCUT2D eigenvalue weighted by atomic mass is 16.6. The number of esters is 2. The zero-order valence-electron chi connectivity index (χ0n) is 14.7. The average molecular weight is 381 g/mol. The molecule has 28 heavy (non-hydrogen) atoms. The van der Waals surface area contributed by atoms with Crippen molar-refractivity contribution in [3.8, 4) is 5.75 Å². The van der Waals surface area contributed by atoms with Gasteiger partial charge in [-0.05, 0) is 25.1 Å². The summed E-state index contributed by atoms with van der Waals surface area (Å²) in [6.45, 7) is 2.01. The van der Waals surface area contributed by atoms with Gasteiger partial charge in [-0.25, -0.2) is 14.6 Å². The molecule has 9 heteroatoms. The Bertz CT molecular complexity index is 1160. The Balaban J connectivity index is 1.69. The lowest BCUT2D eigenvalue weighted by Crippen LogP contribution is -2.50. The molecular weight excluding hydrogens is 366 g/mol. The van der Waals surface area contributed by atoms with Gasteiger partial charge in [-0.15, -0.1) is 0 Å². The number of H-pyrrole nitrogens is 1. The second kappa shape index (κ2) is 5.69. The predicted octanol–water partition coefficient (Wildman–Crippen LogP) is 1.40. The number of hydrogen-bond acceptors (Lipinski definition) is 7. The fourth-order valence-corrected chi connectivity index (χ4v) is 3.99. The van der Waals surface area contributed by atoms with E-state index in [2.05, 4.69) is 9.97 Å². The van der Waals surface area contributed by atoms with E-state index in [1.807, 2.05) is 0 Å². The van der Waals surface area contributed by atoms with Crippen LogP contribution in [0.5, 0.6) is 5.75 Å². The third-order valence-electron chi connectivity index (χ3n) is 5.33. The van der Waals surface area contributed by atoms with Crippen LogP contribution in [-0.4, -0.2) is 43.5 Å². The topological polar surface area (TPSA) is 124 Å². The van der Waals surface area contributed by atoms with Gasteiger partial charge in [0.2, 0.25) is 0 Å². The first-order valence-electron chi connectivity index (χ1n) is 8.72. The maximum Gasteiger partial charge on any atom is 0.418 e. The van der Waals surface area contributed by atoms with Crippen molar-refractivity contribution in [2.75, 3.05) is 0 Å². The Morgan fingerprint density at radius 1 is 1.21 bits per heavy atom. The van der Waals surface area contributed by atoms with Crippen LogP contribution in [0.3, 0.4) is 0 Å². The summed E-state index contributed by atoms with van der Waals surface area (Å²) < 4.78 is 12.4. The number of hydrogen-bond donors (Lipinski definition) is 2. The summed E-state index contributed by atoms with van der Waals surface area (Å²) in [7, 11) is 0. The van der Waals surface area contributed by atoms with Gasteiger partial charge in [-0.2, -0.15) is 0 Å². The fourth-order valence-electron chi connectivity index (χ4n) is 3.99. The normalized spacial score (nSPS) is 23.9.